The first-order valence-electron chi connectivity index (χ1n) is 6.96. The molecule has 0 spiro atoms. The highest BCUT2D eigenvalue weighted by Gasteiger charge is 2.25. The number of nitrogens with two attached hydrogens (primary N) is 1. The largest absolute Gasteiger partial charge is 0.353 e. The molecule has 0 aliphatic heterocycles. The van der Waals surface area contributed by atoms with Crippen LogP contribution in [0.2, 0.25) is 0 Å². The van der Waals surface area contributed by atoms with Crippen LogP contribution in [0, 0.1) is 6.92 Å². The number of carbonyl (C=O) groups excluding carboxylic acids is 1. The molecule has 0 saturated carbocycles. The van der Waals surface area contributed by atoms with Crippen LogP contribution >= 0.6 is 11.8 Å². The maximum atomic E-state index is 12.4. The Balaban J connectivity index is 2.86. The van der Waals surface area contributed by atoms with Gasteiger partial charge in [0.1, 0.15) is 6.04 Å². The van der Waals surface area contributed by atoms with Gasteiger partial charge in [0.2, 0.25) is 15.9 Å². The number of carbonyl (C=O) groups is 1. The minimum Gasteiger partial charge on any atom is -0.353 e. The zero-order valence-electron chi connectivity index (χ0n) is 12.8. The van der Waals surface area contributed by atoms with Gasteiger partial charge in [-0.15, -0.1) is 0 Å². The van der Waals surface area contributed by atoms with Crippen LogP contribution in [-0.2, 0) is 14.8 Å². The van der Waals surface area contributed by atoms with Crippen molar-refractivity contribution >= 4 is 27.7 Å². The summed E-state index contributed by atoms with van der Waals surface area (Å²) in [5.41, 5.74) is 6.32. The summed E-state index contributed by atoms with van der Waals surface area (Å²) >= 11 is 1.56. The molecular formula is C14H23N3O3S2. The number of hydrogen-bond acceptors (Lipinski definition) is 5. The van der Waals surface area contributed by atoms with Crippen molar-refractivity contribution in [3.63, 3.8) is 0 Å². The number of nitrogens with one attached hydrogen (secondary N) is 2. The van der Waals surface area contributed by atoms with E-state index in [0.717, 1.165) is 5.56 Å². The third-order valence-corrected chi connectivity index (χ3v) is 5.13. The topological polar surface area (TPSA) is 101 Å². The fourth-order valence-corrected chi connectivity index (χ4v) is 3.47. The normalized spacial score (nSPS) is 12.9. The molecule has 0 bridgehead atoms. The van der Waals surface area contributed by atoms with Crippen LogP contribution in [0.3, 0.4) is 0 Å². The van der Waals surface area contributed by atoms with E-state index in [1.165, 1.54) is 12.1 Å². The van der Waals surface area contributed by atoms with Crippen molar-refractivity contribution in [3.05, 3.63) is 29.8 Å². The predicted molar refractivity (Wildman–Crippen MR) is 90.4 cm³/mol. The summed E-state index contributed by atoms with van der Waals surface area (Å²) in [7, 11) is -3.73. The van der Waals surface area contributed by atoms with Crippen LogP contribution in [0.1, 0.15) is 12.0 Å². The molecule has 22 heavy (non-hydrogen) atoms. The second-order valence-corrected chi connectivity index (χ2v) is 7.55. The molecule has 6 nitrogen and oxygen atoms in total. The SMILES string of the molecule is CSCCC(NS(=O)(=O)c1ccc(C)cc1)C(=O)NCCN. The zero-order chi connectivity index (χ0) is 16.6. The van der Waals surface area contributed by atoms with Crippen molar-refractivity contribution in [2.45, 2.75) is 24.3 Å². The quantitative estimate of drug-likeness (QED) is 0.604. The lowest BCUT2D eigenvalue weighted by Crippen LogP contribution is -2.47. The maximum absolute atomic E-state index is 12.4. The smallest absolute Gasteiger partial charge is 0.241 e. The summed E-state index contributed by atoms with van der Waals surface area (Å²) in [4.78, 5) is 12.2. The first-order valence-corrected chi connectivity index (χ1v) is 9.84. The van der Waals surface area contributed by atoms with Gasteiger partial charge in [0.05, 0.1) is 4.90 Å². The maximum Gasteiger partial charge on any atom is 0.241 e. The minimum atomic E-state index is -3.73. The molecule has 0 saturated heterocycles. The highest BCUT2D eigenvalue weighted by molar-refractivity contribution is 7.98. The Morgan fingerprint density at radius 1 is 1.32 bits per heavy atom. The highest BCUT2D eigenvalue weighted by Crippen LogP contribution is 2.12. The Bertz CT molecular complexity index is 574. The van der Waals surface area contributed by atoms with E-state index in [9.17, 15) is 13.2 Å². The Morgan fingerprint density at radius 2 is 1.95 bits per heavy atom. The van der Waals surface area contributed by atoms with Gasteiger partial charge in [0, 0.05) is 13.1 Å². The average molecular weight is 345 g/mol. The molecule has 124 valence electrons. The van der Waals surface area contributed by atoms with Crippen LogP contribution in [-0.4, -0.2) is 45.5 Å². The lowest BCUT2D eigenvalue weighted by atomic mass is 10.2. The molecule has 4 N–H and O–H groups in total. The van der Waals surface area contributed by atoms with E-state index in [1.807, 2.05) is 13.2 Å². The van der Waals surface area contributed by atoms with Gasteiger partial charge >= 0.3 is 0 Å². The first kappa shape index (κ1) is 19.0. The van der Waals surface area contributed by atoms with E-state index in [4.69, 9.17) is 5.73 Å². The summed E-state index contributed by atoms with van der Waals surface area (Å²) in [6.07, 6.45) is 2.33. The van der Waals surface area contributed by atoms with Gasteiger partial charge in [-0.2, -0.15) is 16.5 Å². The van der Waals surface area contributed by atoms with E-state index in [0.29, 0.717) is 25.3 Å². The van der Waals surface area contributed by atoms with Crippen LogP contribution in [0.25, 0.3) is 0 Å². The first-order chi connectivity index (χ1) is 10.4. The molecule has 1 atom stereocenters. The van der Waals surface area contributed by atoms with E-state index < -0.39 is 16.1 Å². The van der Waals surface area contributed by atoms with Gasteiger partial charge in [-0.25, -0.2) is 8.42 Å². The molecule has 0 aliphatic rings. The fraction of sp³-hybridized carbons (Fsp3) is 0.500. The van der Waals surface area contributed by atoms with E-state index >= 15 is 0 Å². The Labute approximate surface area is 136 Å². The Kier molecular flexibility index (Phi) is 7.88. The number of benzene rings is 1. The van der Waals surface area contributed by atoms with Gasteiger partial charge in [0.25, 0.3) is 0 Å². The lowest BCUT2D eigenvalue weighted by molar-refractivity contribution is -0.122. The molecule has 1 amide bonds. The minimum absolute atomic E-state index is 0.152. The fourth-order valence-electron chi connectivity index (χ4n) is 1.77. The van der Waals surface area contributed by atoms with Gasteiger partial charge in [-0.1, -0.05) is 17.7 Å². The summed E-state index contributed by atoms with van der Waals surface area (Å²) in [6.45, 7) is 2.51. The molecule has 0 fully saturated rings. The third-order valence-electron chi connectivity index (χ3n) is 3.00. The van der Waals surface area contributed by atoms with Crippen LogP contribution in [0.5, 0.6) is 0 Å². The van der Waals surface area contributed by atoms with Crippen molar-refractivity contribution < 1.29 is 13.2 Å². The van der Waals surface area contributed by atoms with Gasteiger partial charge in [-0.05, 0) is 37.5 Å². The van der Waals surface area contributed by atoms with E-state index in [2.05, 4.69) is 10.0 Å². The summed E-state index contributed by atoms with van der Waals surface area (Å²) in [5, 5.41) is 2.62. The molecular weight excluding hydrogens is 322 g/mol. The number of aryl methyl sites for hydroxylation is 1. The Hall–Kier alpha value is -1.09. The standard InChI is InChI=1S/C14H23N3O3S2/c1-11-3-5-12(6-4-11)22(19,20)17-13(7-10-21-2)14(18)16-9-8-15/h3-6,13,17H,7-10,15H2,1-2H3,(H,16,18). The number of rotatable bonds is 9. The molecule has 0 aliphatic carbocycles. The van der Waals surface area contributed by atoms with Gasteiger partial charge in [0.15, 0.2) is 0 Å². The van der Waals surface area contributed by atoms with Crippen molar-refractivity contribution in [2.24, 2.45) is 5.73 Å². The van der Waals surface area contributed by atoms with Crippen molar-refractivity contribution in [3.8, 4) is 0 Å². The molecule has 1 rings (SSSR count). The van der Waals surface area contributed by atoms with E-state index in [1.54, 1.807) is 23.9 Å². The Morgan fingerprint density at radius 3 is 2.50 bits per heavy atom. The van der Waals surface area contributed by atoms with Crippen molar-refractivity contribution in [1.29, 1.82) is 0 Å². The molecule has 0 radical (unpaired) electrons. The van der Waals surface area contributed by atoms with Crippen molar-refractivity contribution in [2.75, 3.05) is 25.1 Å². The molecule has 1 unspecified atom stereocenters. The van der Waals surface area contributed by atoms with Gasteiger partial charge < -0.3 is 11.1 Å². The number of thioether (sulfide) groups is 1. The summed E-state index contributed by atoms with van der Waals surface area (Å²) in [6, 6.07) is 5.70. The molecule has 0 aromatic heterocycles. The predicted octanol–water partition coefficient (Wildman–Crippen LogP) is 0.470. The van der Waals surface area contributed by atoms with E-state index in [-0.39, 0.29) is 10.8 Å². The highest BCUT2D eigenvalue weighted by atomic mass is 32.2. The molecule has 0 heterocycles. The number of amides is 1. The average Bonchev–Trinajstić information content (AvgIpc) is 2.49. The molecule has 8 heteroatoms. The number of sulfonamides is 1. The summed E-state index contributed by atoms with van der Waals surface area (Å²) < 4.78 is 27.2. The summed E-state index contributed by atoms with van der Waals surface area (Å²) in [5.74, 6) is 0.326. The number of hydrogen-bond donors (Lipinski definition) is 3. The second-order valence-electron chi connectivity index (χ2n) is 4.85. The monoisotopic (exact) mass is 345 g/mol. The molecule has 1 aromatic carbocycles. The second kappa shape index (κ2) is 9.14. The molecule has 1 aromatic rings. The van der Waals surface area contributed by atoms with Gasteiger partial charge in [-0.3, -0.25) is 4.79 Å². The third kappa shape index (κ3) is 5.96. The van der Waals surface area contributed by atoms with Crippen LogP contribution in [0.4, 0.5) is 0 Å². The van der Waals surface area contributed by atoms with Crippen LogP contribution < -0.4 is 15.8 Å². The zero-order valence-corrected chi connectivity index (χ0v) is 14.5. The van der Waals surface area contributed by atoms with Crippen LogP contribution in [0.15, 0.2) is 29.2 Å². The lowest BCUT2D eigenvalue weighted by Gasteiger charge is -2.18. The van der Waals surface area contributed by atoms with Crippen molar-refractivity contribution in [1.82, 2.24) is 10.0 Å².